The molecule has 0 aliphatic rings. The van der Waals surface area contributed by atoms with Gasteiger partial charge in [-0.2, -0.15) is 0 Å². The molecule has 0 fully saturated rings. The first kappa shape index (κ1) is 10.7. The van der Waals surface area contributed by atoms with Crippen molar-refractivity contribution < 1.29 is 4.74 Å². The van der Waals surface area contributed by atoms with E-state index < -0.39 is 0 Å². The smallest absolute Gasteiger partial charge is 0.0755 e. The van der Waals surface area contributed by atoms with Crippen molar-refractivity contribution >= 4 is 0 Å². The minimum atomic E-state index is 0.0370. The molecule has 2 atom stereocenters. The van der Waals surface area contributed by atoms with E-state index >= 15 is 0 Å². The molecule has 0 aliphatic heterocycles. The van der Waals surface area contributed by atoms with Crippen LogP contribution in [0.15, 0.2) is 11.6 Å². The summed E-state index contributed by atoms with van der Waals surface area (Å²) in [6.45, 7) is 6.16. The van der Waals surface area contributed by atoms with E-state index in [1.54, 1.807) is 7.11 Å². The van der Waals surface area contributed by atoms with Crippen molar-refractivity contribution in [3.8, 4) is 0 Å². The van der Waals surface area contributed by atoms with E-state index in [4.69, 9.17) is 10.5 Å². The van der Waals surface area contributed by atoms with E-state index in [1.807, 2.05) is 19.9 Å². The Morgan fingerprint density at radius 3 is 2.36 bits per heavy atom. The highest BCUT2D eigenvalue weighted by atomic mass is 16.5. The van der Waals surface area contributed by atoms with Crippen LogP contribution in [0.2, 0.25) is 0 Å². The predicted molar refractivity (Wildman–Crippen MR) is 48.5 cm³/mol. The molecule has 0 aliphatic carbocycles. The summed E-state index contributed by atoms with van der Waals surface area (Å²) < 4.78 is 5.19. The molecule has 0 spiro atoms. The van der Waals surface area contributed by atoms with E-state index in [0.717, 1.165) is 6.42 Å². The largest absolute Gasteiger partial charge is 0.380 e. The Labute approximate surface area is 69.4 Å². The van der Waals surface area contributed by atoms with E-state index in [1.165, 1.54) is 5.57 Å². The van der Waals surface area contributed by atoms with Gasteiger partial charge in [-0.3, -0.25) is 0 Å². The van der Waals surface area contributed by atoms with Gasteiger partial charge in [0.1, 0.15) is 0 Å². The lowest BCUT2D eigenvalue weighted by Crippen LogP contribution is -2.33. The average Bonchev–Trinajstić information content (AvgIpc) is 1.88. The monoisotopic (exact) mass is 157 g/mol. The molecule has 0 amide bonds. The number of hydrogen-bond donors (Lipinski definition) is 1. The van der Waals surface area contributed by atoms with Gasteiger partial charge in [-0.1, -0.05) is 18.6 Å². The number of ether oxygens (including phenoxy) is 1. The third-order valence-corrected chi connectivity index (χ3v) is 1.66. The Balaban J connectivity index is 3.98. The van der Waals surface area contributed by atoms with Crippen LogP contribution in [0.3, 0.4) is 0 Å². The van der Waals surface area contributed by atoms with Crippen LogP contribution in [0.25, 0.3) is 0 Å². The molecular weight excluding hydrogens is 138 g/mol. The lowest BCUT2D eigenvalue weighted by molar-refractivity contribution is 0.0890. The topological polar surface area (TPSA) is 35.2 Å². The van der Waals surface area contributed by atoms with E-state index in [9.17, 15) is 0 Å². The third kappa shape index (κ3) is 4.17. The normalized spacial score (nSPS) is 15.7. The van der Waals surface area contributed by atoms with E-state index in [-0.39, 0.29) is 12.1 Å². The van der Waals surface area contributed by atoms with Crippen molar-refractivity contribution in [1.29, 1.82) is 0 Å². The van der Waals surface area contributed by atoms with Crippen molar-refractivity contribution in [2.24, 2.45) is 5.73 Å². The maximum absolute atomic E-state index is 5.84. The highest BCUT2D eigenvalue weighted by Crippen LogP contribution is 2.04. The Hall–Kier alpha value is -0.340. The fraction of sp³-hybridized carbons (Fsp3) is 0.778. The van der Waals surface area contributed by atoms with Gasteiger partial charge in [-0.05, 0) is 20.3 Å². The maximum atomic E-state index is 5.84. The molecule has 0 heterocycles. The van der Waals surface area contributed by atoms with Crippen LogP contribution < -0.4 is 5.73 Å². The quantitative estimate of drug-likeness (QED) is 0.630. The van der Waals surface area contributed by atoms with Gasteiger partial charge in [0.2, 0.25) is 0 Å². The van der Waals surface area contributed by atoms with E-state index in [2.05, 4.69) is 6.92 Å². The Morgan fingerprint density at radius 2 is 2.09 bits per heavy atom. The molecule has 2 unspecified atom stereocenters. The summed E-state index contributed by atoms with van der Waals surface area (Å²) in [5, 5.41) is 0. The molecule has 0 bridgehead atoms. The van der Waals surface area contributed by atoms with Crippen LogP contribution in [0.4, 0.5) is 0 Å². The molecule has 11 heavy (non-hydrogen) atoms. The summed E-state index contributed by atoms with van der Waals surface area (Å²) in [4.78, 5) is 0. The van der Waals surface area contributed by atoms with Gasteiger partial charge < -0.3 is 10.5 Å². The van der Waals surface area contributed by atoms with Crippen LogP contribution in [0.1, 0.15) is 27.2 Å². The molecule has 0 aromatic carbocycles. The molecule has 0 saturated carbocycles. The van der Waals surface area contributed by atoms with Crippen LogP contribution in [0, 0.1) is 0 Å². The number of nitrogens with two attached hydrogens (primary N) is 1. The summed E-state index contributed by atoms with van der Waals surface area (Å²) in [6, 6.07) is 0.0370. The molecule has 0 saturated heterocycles. The summed E-state index contributed by atoms with van der Waals surface area (Å²) >= 11 is 0. The van der Waals surface area contributed by atoms with Gasteiger partial charge in [-0.15, -0.1) is 0 Å². The zero-order valence-corrected chi connectivity index (χ0v) is 7.92. The summed E-state index contributed by atoms with van der Waals surface area (Å²) in [6.07, 6.45) is 3.16. The molecule has 0 rings (SSSR count). The van der Waals surface area contributed by atoms with Crippen molar-refractivity contribution in [3.63, 3.8) is 0 Å². The second-order valence-electron chi connectivity index (χ2n) is 3.00. The molecule has 0 aromatic heterocycles. The van der Waals surface area contributed by atoms with Gasteiger partial charge in [0.25, 0.3) is 0 Å². The molecule has 2 nitrogen and oxygen atoms in total. The lowest BCUT2D eigenvalue weighted by atomic mass is 10.1. The maximum Gasteiger partial charge on any atom is 0.0755 e. The molecule has 0 aromatic rings. The summed E-state index contributed by atoms with van der Waals surface area (Å²) in [5.41, 5.74) is 7.08. The number of allylic oxidation sites excluding steroid dienone is 1. The molecular formula is C9H19NO. The third-order valence-electron chi connectivity index (χ3n) is 1.66. The summed E-state index contributed by atoms with van der Waals surface area (Å²) in [7, 11) is 1.70. The van der Waals surface area contributed by atoms with Gasteiger partial charge in [-0.25, -0.2) is 0 Å². The Bertz CT molecular complexity index is 124. The van der Waals surface area contributed by atoms with Crippen molar-refractivity contribution in [2.75, 3.05) is 7.11 Å². The molecule has 2 heteroatoms. The zero-order chi connectivity index (χ0) is 8.85. The SMILES string of the molecule is CCC(OC)C(N)C=C(C)C. The van der Waals surface area contributed by atoms with Gasteiger partial charge in [0.05, 0.1) is 6.10 Å². The molecule has 66 valence electrons. The first-order valence-electron chi connectivity index (χ1n) is 4.05. The number of methoxy groups -OCH3 is 1. The first-order valence-corrected chi connectivity index (χ1v) is 4.05. The van der Waals surface area contributed by atoms with E-state index in [0.29, 0.717) is 0 Å². The molecule has 2 N–H and O–H groups in total. The predicted octanol–water partition coefficient (Wildman–Crippen LogP) is 1.70. The van der Waals surface area contributed by atoms with Gasteiger partial charge >= 0.3 is 0 Å². The standard InChI is InChI=1S/C9H19NO/c1-5-9(11-4)8(10)6-7(2)3/h6,8-9H,5,10H2,1-4H3. The fourth-order valence-corrected chi connectivity index (χ4v) is 1.09. The van der Waals surface area contributed by atoms with Crippen molar-refractivity contribution in [3.05, 3.63) is 11.6 Å². The Morgan fingerprint density at radius 1 is 1.55 bits per heavy atom. The summed E-state index contributed by atoms with van der Waals surface area (Å²) in [5.74, 6) is 0. The molecule has 0 radical (unpaired) electrons. The van der Waals surface area contributed by atoms with Crippen LogP contribution in [-0.4, -0.2) is 19.3 Å². The zero-order valence-electron chi connectivity index (χ0n) is 7.92. The highest BCUT2D eigenvalue weighted by Gasteiger charge is 2.11. The second kappa shape index (κ2) is 5.33. The minimum Gasteiger partial charge on any atom is -0.380 e. The highest BCUT2D eigenvalue weighted by molar-refractivity contribution is 5.02. The lowest BCUT2D eigenvalue weighted by Gasteiger charge is -2.18. The van der Waals surface area contributed by atoms with Crippen LogP contribution >= 0.6 is 0 Å². The number of rotatable bonds is 4. The van der Waals surface area contributed by atoms with Gasteiger partial charge in [0.15, 0.2) is 0 Å². The first-order chi connectivity index (χ1) is 5.11. The second-order valence-corrected chi connectivity index (χ2v) is 3.00. The minimum absolute atomic E-state index is 0.0370. The number of hydrogen-bond acceptors (Lipinski definition) is 2. The van der Waals surface area contributed by atoms with Crippen molar-refractivity contribution in [2.45, 2.75) is 39.3 Å². The van der Waals surface area contributed by atoms with Crippen LogP contribution in [0.5, 0.6) is 0 Å². The average molecular weight is 157 g/mol. The van der Waals surface area contributed by atoms with Gasteiger partial charge in [0, 0.05) is 13.2 Å². The van der Waals surface area contributed by atoms with Crippen molar-refractivity contribution in [1.82, 2.24) is 0 Å². The Kier molecular flexibility index (Phi) is 5.16. The van der Waals surface area contributed by atoms with Crippen LogP contribution in [-0.2, 0) is 4.74 Å². The fourth-order valence-electron chi connectivity index (χ4n) is 1.09.